The molecule has 0 fully saturated rings. The molecule has 0 aromatic heterocycles. The van der Waals surface area contributed by atoms with Crippen LogP contribution in [0.25, 0.3) is 0 Å². The molecule has 0 atom stereocenters. The first-order chi connectivity index (χ1) is 11.4. The summed E-state index contributed by atoms with van der Waals surface area (Å²) in [7, 11) is 0. The van der Waals surface area contributed by atoms with E-state index in [-0.39, 0.29) is 0 Å². The van der Waals surface area contributed by atoms with E-state index in [4.69, 9.17) is 4.99 Å². The average Bonchev–Trinajstić information content (AvgIpc) is 2.64. The van der Waals surface area contributed by atoms with Gasteiger partial charge in [0.25, 0.3) is 0 Å². The number of nitrogens with zero attached hydrogens (tertiary/aromatic N) is 2. The van der Waals surface area contributed by atoms with Crippen molar-refractivity contribution in [1.82, 2.24) is 0 Å². The van der Waals surface area contributed by atoms with Gasteiger partial charge in [-0.25, -0.2) is 4.99 Å². The van der Waals surface area contributed by atoms with Crippen molar-refractivity contribution in [1.29, 1.82) is 0 Å². The largest absolute Gasteiger partial charge is 0.410 e. The fourth-order valence-electron chi connectivity index (χ4n) is 2.32. The number of rotatable bonds is 4. The molecule has 23 heavy (non-hydrogen) atoms. The van der Waals surface area contributed by atoms with Crippen LogP contribution in [0.5, 0.6) is 0 Å². The van der Waals surface area contributed by atoms with Crippen LogP contribution in [0.2, 0.25) is 0 Å². The summed E-state index contributed by atoms with van der Waals surface area (Å²) in [6, 6.07) is 28.9. The van der Waals surface area contributed by atoms with E-state index < -0.39 is 0 Å². The monoisotopic (exact) mass is 300 g/mol. The zero-order chi connectivity index (χ0) is 15.9. The van der Waals surface area contributed by atoms with E-state index in [1.54, 1.807) is 0 Å². The van der Waals surface area contributed by atoms with Crippen LogP contribution in [0.4, 0.5) is 5.69 Å². The van der Waals surface area contributed by atoms with Crippen molar-refractivity contribution in [3.05, 3.63) is 102 Å². The minimum Gasteiger partial charge on any atom is -0.410 e. The molecule has 1 N–H and O–H groups in total. The molecule has 0 aliphatic heterocycles. The summed E-state index contributed by atoms with van der Waals surface area (Å²) in [6.45, 7) is 0. The van der Waals surface area contributed by atoms with Gasteiger partial charge < -0.3 is 5.21 Å². The highest BCUT2D eigenvalue weighted by Gasteiger charge is 2.15. The van der Waals surface area contributed by atoms with Gasteiger partial charge in [-0.1, -0.05) is 84.0 Å². The molecule has 0 heterocycles. The highest BCUT2D eigenvalue weighted by Crippen LogP contribution is 2.16. The molecule has 0 aliphatic rings. The van der Waals surface area contributed by atoms with Gasteiger partial charge in [-0.05, 0) is 12.1 Å². The molecule has 0 saturated carbocycles. The predicted octanol–water partition coefficient (Wildman–Crippen LogP) is 4.69. The normalized spacial score (nSPS) is 12.2. The lowest BCUT2D eigenvalue weighted by Crippen LogP contribution is -2.17. The van der Waals surface area contributed by atoms with Crippen molar-refractivity contribution >= 4 is 17.1 Å². The Bertz CT molecular complexity index is 810. The van der Waals surface area contributed by atoms with Gasteiger partial charge in [0.15, 0.2) is 0 Å². The standard InChI is InChI=1S/C20H16N2O/c23-22-20(17-12-6-2-7-13-17)19(16-10-4-1-5-11-16)21-18-14-8-3-9-15-18/h1-15,23H/b21-19?,22-20+. The van der Waals surface area contributed by atoms with E-state index >= 15 is 0 Å². The molecule has 0 radical (unpaired) electrons. The third-order valence-electron chi connectivity index (χ3n) is 3.42. The van der Waals surface area contributed by atoms with Crippen LogP contribution in [0.3, 0.4) is 0 Å². The Morgan fingerprint density at radius 3 is 1.48 bits per heavy atom. The van der Waals surface area contributed by atoms with Gasteiger partial charge in [-0.15, -0.1) is 0 Å². The van der Waals surface area contributed by atoms with Crippen LogP contribution in [0.1, 0.15) is 11.1 Å². The molecule has 3 nitrogen and oxygen atoms in total. The zero-order valence-electron chi connectivity index (χ0n) is 12.5. The average molecular weight is 300 g/mol. The molecule has 0 aliphatic carbocycles. The summed E-state index contributed by atoms with van der Waals surface area (Å²) >= 11 is 0. The van der Waals surface area contributed by atoms with Gasteiger partial charge in [0.2, 0.25) is 0 Å². The van der Waals surface area contributed by atoms with Crippen LogP contribution in [-0.4, -0.2) is 16.6 Å². The lowest BCUT2D eigenvalue weighted by atomic mass is 9.99. The number of oxime groups is 1. The molecule has 3 rings (SSSR count). The molecule has 0 bridgehead atoms. The van der Waals surface area contributed by atoms with Crippen molar-refractivity contribution < 1.29 is 5.21 Å². The van der Waals surface area contributed by atoms with Crippen molar-refractivity contribution in [2.24, 2.45) is 10.1 Å². The topological polar surface area (TPSA) is 45.0 Å². The van der Waals surface area contributed by atoms with E-state index in [1.807, 2.05) is 91.0 Å². The lowest BCUT2D eigenvalue weighted by molar-refractivity contribution is 0.320. The first kappa shape index (κ1) is 14.7. The minimum absolute atomic E-state index is 0.445. The summed E-state index contributed by atoms with van der Waals surface area (Å²) in [4.78, 5) is 4.70. The molecule has 3 heteroatoms. The van der Waals surface area contributed by atoms with Gasteiger partial charge in [-0.3, -0.25) is 0 Å². The van der Waals surface area contributed by atoms with Crippen molar-refractivity contribution in [2.75, 3.05) is 0 Å². The Labute approximate surface area is 135 Å². The van der Waals surface area contributed by atoms with Crippen LogP contribution < -0.4 is 0 Å². The summed E-state index contributed by atoms with van der Waals surface area (Å²) in [5.74, 6) is 0. The predicted molar refractivity (Wildman–Crippen MR) is 93.8 cm³/mol. The first-order valence-corrected chi connectivity index (χ1v) is 7.35. The highest BCUT2D eigenvalue weighted by molar-refractivity contribution is 6.53. The van der Waals surface area contributed by atoms with Crippen LogP contribution >= 0.6 is 0 Å². The summed E-state index contributed by atoms with van der Waals surface area (Å²) in [5.41, 5.74) is 3.59. The van der Waals surface area contributed by atoms with Gasteiger partial charge in [0.1, 0.15) is 11.4 Å². The minimum atomic E-state index is 0.445. The van der Waals surface area contributed by atoms with Crippen LogP contribution in [0, 0.1) is 0 Å². The smallest absolute Gasteiger partial charge is 0.136 e. The van der Waals surface area contributed by atoms with E-state index in [0.29, 0.717) is 11.4 Å². The molecule has 0 unspecified atom stereocenters. The summed E-state index contributed by atoms with van der Waals surface area (Å²) in [6.07, 6.45) is 0. The van der Waals surface area contributed by atoms with Crippen LogP contribution in [-0.2, 0) is 0 Å². The zero-order valence-corrected chi connectivity index (χ0v) is 12.5. The Morgan fingerprint density at radius 2 is 1.00 bits per heavy atom. The fourth-order valence-corrected chi connectivity index (χ4v) is 2.32. The Kier molecular flexibility index (Phi) is 4.60. The number of hydrogen-bond acceptors (Lipinski definition) is 3. The fraction of sp³-hybridized carbons (Fsp3) is 0. The second kappa shape index (κ2) is 7.18. The molecule has 0 spiro atoms. The number of benzene rings is 3. The Balaban J connectivity index is 2.14. The maximum atomic E-state index is 9.60. The van der Waals surface area contributed by atoms with Gasteiger partial charge in [0.05, 0.1) is 5.69 Å². The van der Waals surface area contributed by atoms with Gasteiger partial charge in [-0.2, -0.15) is 0 Å². The maximum Gasteiger partial charge on any atom is 0.136 e. The molecule has 0 amide bonds. The van der Waals surface area contributed by atoms with Crippen molar-refractivity contribution in [3.8, 4) is 0 Å². The molecule has 0 saturated heterocycles. The molecule has 3 aromatic carbocycles. The Morgan fingerprint density at radius 1 is 0.565 bits per heavy atom. The quantitative estimate of drug-likeness (QED) is 0.424. The highest BCUT2D eigenvalue weighted by atomic mass is 16.4. The van der Waals surface area contributed by atoms with Crippen molar-refractivity contribution in [2.45, 2.75) is 0 Å². The molecular weight excluding hydrogens is 284 g/mol. The van der Waals surface area contributed by atoms with E-state index in [9.17, 15) is 5.21 Å². The van der Waals surface area contributed by atoms with Crippen LogP contribution in [0.15, 0.2) is 101 Å². The second-order valence-electron chi connectivity index (χ2n) is 4.98. The summed E-state index contributed by atoms with van der Waals surface area (Å²) < 4.78 is 0. The first-order valence-electron chi connectivity index (χ1n) is 7.35. The number of para-hydroxylation sites is 1. The van der Waals surface area contributed by atoms with Crippen molar-refractivity contribution in [3.63, 3.8) is 0 Å². The third kappa shape index (κ3) is 3.52. The van der Waals surface area contributed by atoms with E-state index in [2.05, 4.69) is 5.16 Å². The molecule has 112 valence electrons. The number of hydrogen-bond donors (Lipinski definition) is 1. The Hall–Kier alpha value is -3.20. The van der Waals surface area contributed by atoms with E-state index in [1.165, 1.54) is 0 Å². The lowest BCUT2D eigenvalue weighted by Gasteiger charge is -2.09. The SMILES string of the molecule is O/N=C(/C(=Nc1ccccc1)c1ccccc1)c1ccccc1. The maximum absolute atomic E-state index is 9.60. The van der Waals surface area contributed by atoms with Gasteiger partial charge in [0, 0.05) is 11.1 Å². The summed E-state index contributed by atoms with van der Waals surface area (Å²) in [5, 5.41) is 13.1. The van der Waals surface area contributed by atoms with E-state index in [0.717, 1.165) is 16.8 Å². The molecular formula is C20H16N2O. The second-order valence-corrected chi connectivity index (χ2v) is 4.98. The van der Waals surface area contributed by atoms with Gasteiger partial charge >= 0.3 is 0 Å². The number of aliphatic imine (C=N–C) groups is 1. The molecule has 3 aromatic rings. The third-order valence-corrected chi connectivity index (χ3v) is 3.42.